The molecule has 0 unspecified atom stereocenters. The summed E-state index contributed by atoms with van der Waals surface area (Å²) in [7, 11) is 1.54. The van der Waals surface area contributed by atoms with Gasteiger partial charge in [0.2, 0.25) is 5.88 Å². The van der Waals surface area contributed by atoms with E-state index in [1.54, 1.807) is 41.3 Å². The maximum absolute atomic E-state index is 12.3. The molecule has 0 bridgehead atoms. The molecule has 29 heavy (non-hydrogen) atoms. The number of hydrogen-bond donors (Lipinski definition) is 0. The monoisotopic (exact) mass is 401 g/mol. The van der Waals surface area contributed by atoms with Crippen molar-refractivity contribution in [3.63, 3.8) is 0 Å². The summed E-state index contributed by atoms with van der Waals surface area (Å²) in [6.07, 6.45) is 0.536. The lowest BCUT2D eigenvalue weighted by molar-refractivity contribution is -0.274. The highest BCUT2D eigenvalue weighted by molar-refractivity contribution is 5.72. The van der Waals surface area contributed by atoms with Crippen LogP contribution in [0.3, 0.4) is 0 Å². The molecule has 0 saturated carbocycles. The normalized spacial score (nSPS) is 11.6. The van der Waals surface area contributed by atoms with Crippen LogP contribution in [0.5, 0.6) is 11.6 Å². The Bertz CT molecular complexity index is 1130. The van der Waals surface area contributed by atoms with Crippen molar-refractivity contribution < 1.29 is 22.6 Å². The molecule has 0 aliphatic rings. The van der Waals surface area contributed by atoms with E-state index in [9.17, 15) is 13.2 Å². The number of nitrogens with zero attached hydrogens (tertiary/aromatic N) is 5. The van der Waals surface area contributed by atoms with Crippen molar-refractivity contribution in [3.05, 3.63) is 66.4 Å². The fraction of sp³-hybridized carbons (Fsp3) is 0.158. The molecule has 10 heteroatoms. The first-order valence-electron chi connectivity index (χ1n) is 8.46. The Morgan fingerprint density at radius 2 is 1.83 bits per heavy atom. The van der Waals surface area contributed by atoms with Gasteiger partial charge in [-0.25, -0.2) is 14.5 Å². The summed E-state index contributed by atoms with van der Waals surface area (Å²) in [4.78, 5) is 13.1. The van der Waals surface area contributed by atoms with Gasteiger partial charge < -0.3 is 9.47 Å². The first kappa shape index (κ1) is 18.7. The van der Waals surface area contributed by atoms with Gasteiger partial charge in [0.05, 0.1) is 7.11 Å². The summed E-state index contributed by atoms with van der Waals surface area (Å²) in [5.74, 6) is 0.716. The number of pyridine rings is 1. The van der Waals surface area contributed by atoms with Gasteiger partial charge in [-0.3, -0.25) is 4.98 Å². The van der Waals surface area contributed by atoms with E-state index in [1.165, 1.54) is 19.2 Å². The minimum absolute atomic E-state index is 0.275. The van der Waals surface area contributed by atoms with Gasteiger partial charge in [0.25, 0.3) is 0 Å². The Morgan fingerprint density at radius 3 is 2.48 bits per heavy atom. The summed E-state index contributed by atoms with van der Waals surface area (Å²) in [5, 5.41) is 4.42. The van der Waals surface area contributed by atoms with Crippen LogP contribution in [0.1, 0.15) is 11.4 Å². The van der Waals surface area contributed by atoms with Crippen LogP contribution in [-0.4, -0.2) is 38.0 Å². The van der Waals surface area contributed by atoms with Crippen molar-refractivity contribution in [3.8, 4) is 22.9 Å². The van der Waals surface area contributed by atoms with Crippen molar-refractivity contribution in [1.82, 2.24) is 24.6 Å². The molecule has 4 aromatic rings. The minimum Gasteiger partial charge on any atom is -0.481 e. The van der Waals surface area contributed by atoms with Crippen LogP contribution in [0.15, 0.2) is 55.0 Å². The number of ether oxygens (including phenoxy) is 2. The molecule has 148 valence electrons. The highest BCUT2D eigenvalue weighted by atomic mass is 19.4. The van der Waals surface area contributed by atoms with Crippen molar-refractivity contribution in [2.45, 2.75) is 12.8 Å². The third kappa shape index (κ3) is 4.26. The molecule has 3 aromatic heterocycles. The molecular weight excluding hydrogens is 387 g/mol. The fourth-order valence-corrected chi connectivity index (χ4v) is 2.77. The van der Waals surface area contributed by atoms with Crippen molar-refractivity contribution in [2.24, 2.45) is 0 Å². The summed E-state index contributed by atoms with van der Waals surface area (Å²) >= 11 is 0. The molecule has 0 radical (unpaired) electrons. The number of rotatable bonds is 5. The zero-order chi connectivity index (χ0) is 20.4. The summed E-state index contributed by atoms with van der Waals surface area (Å²) in [6.45, 7) is 0. The summed E-state index contributed by atoms with van der Waals surface area (Å²) in [6, 6.07) is 9.15. The van der Waals surface area contributed by atoms with Crippen molar-refractivity contribution in [1.29, 1.82) is 0 Å². The van der Waals surface area contributed by atoms with Crippen LogP contribution < -0.4 is 9.47 Å². The topological polar surface area (TPSA) is 74.4 Å². The average Bonchev–Trinajstić information content (AvgIpc) is 3.11. The Hall–Kier alpha value is -3.69. The summed E-state index contributed by atoms with van der Waals surface area (Å²) in [5.41, 5.74) is 2.65. The molecule has 0 spiro atoms. The standard InChI is InChI=1S/C19H14F3N5O2/c1-28-16-7-4-13(11-24-16)17-18-25-15(26-27(18)9-8-23-17)10-12-2-5-14(6-3-12)29-19(20,21)22/h2-9,11H,10H2,1H3. The van der Waals surface area contributed by atoms with Gasteiger partial charge >= 0.3 is 6.36 Å². The van der Waals surface area contributed by atoms with Gasteiger partial charge in [-0.2, -0.15) is 5.10 Å². The van der Waals surface area contributed by atoms with Crippen LogP contribution in [-0.2, 0) is 6.42 Å². The lowest BCUT2D eigenvalue weighted by Crippen LogP contribution is -2.17. The molecule has 3 heterocycles. The predicted molar refractivity (Wildman–Crippen MR) is 96.5 cm³/mol. The largest absolute Gasteiger partial charge is 0.573 e. The van der Waals surface area contributed by atoms with Crippen molar-refractivity contribution >= 4 is 5.65 Å². The lowest BCUT2D eigenvalue weighted by atomic mass is 10.1. The predicted octanol–water partition coefficient (Wildman–Crippen LogP) is 3.68. The van der Waals surface area contributed by atoms with E-state index in [1.807, 2.05) is 6.07 Å². The number of aromatic nitrogens is 5. The second-order valence-corrected chi connectivity index (χ2v) is 6.03. The van der Waals surface area contributed by atoms with Gasteiger partial charge in [0, 0.05) is 36.6 Å². The maximum Gasteiger partial charge on any atom is 0.573 e. The molecular formula is C19H14F3N5O2. The van der Waals surface area contributed by atoms with E-state index in [0.717, 1.165) is 11.1 Å². The van der Waals surface area contributed by atoms with Crippen LogP contribution in [0, 0.1) is 0 Å². The quantitative estimate of drug-likeness (QED) is 0.508. The van der Waals surface area contributed by atoms with Gasteiger partial charge in [-0.15, -0.1) is 13.2 Å². The van der Waals surface area contributed by atoms with Crippen LogP contribution in [0.2, 0.25) is 0 Å². The first-order valence-corrected chi connectivity index (χ1v) is 8.46. The van der Waals surface area contributed by atoms with Gasteiger partial charge in [0.15, 0.2) is 11.5 Å². The molecule has 0 atom stereocenters. The average molecular weight is 401 g/mol. The third-order valence-electron chi connectivity index (χ3n) is 4.04. The van der Waals surface area contributed by atoms with Crippen LogP contribution in [0.4, 0.5) is 13.2 Å². The zero-order valence-corrected chi connectivity index (χ0v) is 15.1. The van der Waals surface area contributed by atoms with E-state index in [-0.39, 0.29) is 5.75 Å². The van der Waals surface area contributed by atoms with E-state index >= 15 is 0 Å². The number of benzene rings is 1. The molecule has 0 aliphatic heterocycles. The SMILES string of the molecule is COc1ccc(-c2nccn3nc(Cc4ccc(OC(F)(F)F)cc4)nc23)cn1. The fourth-order valence-electron chi connectivity index (χ4n) is 2.77. The number of methoxy groups -OCH3 is 1. The second-order valence-electron chi connectivity index (χ2n) is 6.03. The number of alkyl halides is 3. The van der Waals surface area contributed by atoms with E-state index in [0.29, 0.717) is 29.5 Å². The molecule has 0 amide bonds. The smallest absolute Gasteiger partial charge is 0.481 e. The van der Waals surface area contributed by atoms with Gasteiger partial charge in [0.1, 0.15) is 11.4 Å². The number of halogens is 3. The van der Waals surface area contributed by atoms with E-state index in [4.69, 9.17) is 4.74 Å². The Labute approximate surface area is 162 Å². The Balaban J connectivity index is 1.59. The third-order valence-corrected chi connectivity index (χ3v) is 4.04. The highest BCUT2D eigenvalue weighted by Crippen LogP contribution is 2.24. The second kappa shape index (κ2) is 7.38. The molecule has 7 nitrogen and oxygen atoms in total. The van der Waals surface area contributed by atoms with Gasteiger partial charge in [-0.1, -0.05) is 12.1 Å². The highest BCUT2D eigenvalue weighted by Gasteiger charge is 2.30. The minimum atomic E-state index is -4.72. The number of hydrogen-bond acceptors (Lipinski definition) is 6. The van der Waals surface area contributed by atoms with E-state index in [2.05, 4.69) is 24.8 Å². The van der Waals surface area contributed by atoms with Crippen molar-refractivity contribution in [2.75, 3.05) is 7.11 Å². The molecule has 0 saturated heterocycles. The van der Waals surface area contributed by atoms with Crippen LogP contribution >= 0.6 is 0 Å². The molecule has 0 aliphatic carbocycles. The number of fused-ring (bicyclic) bond motifs is 1. The Morgan fingerprint density at radius 1 is 1.03 bits per heavy atom. The van der Waals surface area contributed by atoms with Crippen LogP contribution in [0.25, 0.3) is 16.9 Å². The summed E-state index contributed by atoms with van der Waals surface area (Å²) < 4.78 is 47.3. The molecule has 1 aromatic carbocycles. The molecule has 4 rings (SSSR count). The molecule has 0 N–H and O–H groups in total. The molecule has 0 fully saturated rings. The Kier molecular flexibility index (Phi) is 4.75. The van der Waals surface area contributed by atoms with Gasteiger partial charge in [-0.05, 0) is 23.8 Å². The zero-order valence-electron chi connectivity index (χ0n) is 15.1. The van der Waals surface area contributed by atoms with E-state index < -0.39 is 6.36 Å². The maximum atomic E-state index is 12.3. The lowest BCUT2D eigenvalue weighted by Gasteiger charge is -2.08. The first-order chi connectivity index (χ1) is 13.9.